The zero-order valence-corrected chi connectivity index (χ0v) is 12.4. The largest absolute Gasteiger partial charge is 0.314 e. The van der Waals surface area contributed by atoms with Gasteiger partial charge in [0.1, 0.15) is 0 Å². The maximum atomic E-state index is 3.43. The summed E-state index contributed by atoms with van der Waals surface area (Å²) in [6.07, 6.45) is 3.89. The van der Waals surface area contributed by atoms with Gasteiger partial charge >= 0.3 is 0 Å². The molecule has 0 aromatic heterocycles. The third-order valence-electron chi connectivity index (χ3n) is 4.64. The summed E-state index contributed by atoms with van der Waals surface area (Å²) in [6.45, 7) is 8.71. The van der Waals surface area contributed by atoms with E-state index in [-0.39, 0.29) is 0 Å². The van der Waals surface area contributed by atoms with Crippen molar-refractivity contribution >= 4 is 0 Å². The monoisotopic (exact) mass is 273 g/mol. The van der Waals surface area contributed by atoms with Gasteiger partial charge in [0.25, 0.3) is 0 Å². The second-order valence-corrected chi connectivity index (χ2v) is 6.14. The van der Waals surface area contributed by atoms with Crippen LogP contribution in [-0.2, 0) is 6.42 Å². The third-order valence-corrected chi connectivity index (χ3v) is 4.64. The maximum Gasteiger partial charge on any atom is 0.0351 e. The van der Waals surface area contributed by atoms with Crippen LogP contribution in [-0.4, -0.2) is 61.7 Å². The van der Waals surface area contributed by atoms with Crippen LogP contribution in [0.5, 0.6) is 0 Å². The molecule has 0 saturated carbocycles. The Morgan fingerprint density at radius 2 is 1.75 bits per heavy atom. The summed E-state index contributed by atoms with van der Waals surface area (Å²) in [6, 6.07) is 11.7. The second-order valence-electron chi connectivity index (χ2n) is 6.14. The van der Waals surface area contributed by atoms with Crippen LogP contribution in [0.3, 0.4) is 0 Å². The van der Waals surface area contributed by atoms with E-state index in [1.165, 1.54) is 70.6 Å². The molecule has 3 rings (SSSR count). The molecule has 2 saturated heterocycles. The minimum Gasteiger partial charge on any atom is -0.314 e. The number of hydrogen-bond acceptors (Lipinski definition) is 3. The fourth-order valence-corrected chi connectivity index (χ4v) is 3.31. The molecule has 1 aromatic rings. The number of nitrogens with one attached hydrogen (secondary N) is 1. The number of likely N-dealkylation sites (tertiary alicyclic amines) is 1. The molecule has 0 aliphatic carbocycles. The van der Waals surface area contributed by atoms with E-state index in [2.05, 4.69) is 45.4 Å². The van der Waals surface area contributed by atoms with Crippen molar-refractivity contribution in [1.29, 1.82) is 0 Å². The zero-order valence-electron chi connectivity index (χ0n) is 12.4. The number of aryl methyl sites for hydroxylation is 1. The van der Waals surface area contributed by atoms with Crippen molar-refractivity contribution in [2.45, 2.75) is 25.3 Å². The molecule has 0 radical (unpaired) electrons. The molecule has 0 amide bonds. The first kappa shape index (κ1) is 14.1. The topological polar surface area (TPSA) is 18.5 Å². The van der Waals surface area contributed by atoms with Gasteiger partial charge in [-0.25, -0.2) is 0 Å². The molecule has 0 unspecified atom stereocenters. The number of piperazine rings is 1. The van der Waals surface area contributed by atoms with Crippen LogP contribution < -0.4 is 5.32 Å². The fourth-order valence-electron chi connectivity index (χ4n) is 3.31. The van der Waals surface area contributed by atoms with Gasteiger partial charge in [-0.2, -0.15) is 0 Å². The summed E-state index contributed by atoms with van der Waals surface area (Å²) < 4.78 is 0. The lowest BCUT2D eigenvalue weighted by atomic mass is 10.0. The van der Waals surface area contributed by atoms with Crippen molar-refractivity contribution in [2.24, 2.45) is 0 Å². The van der Waals surface area contributed by atoms with Crippen molar-refractivity contribution in [2.75, 3.05) is 45.8 Å². The molecule has 2 aliphatic heterocycles. The Hall–Kier alpha value is -0.900. The molecule has 110 valence electrons. The van der Waals surface area contributed by atoms with Gasteiger partial charge in [-0.1, -0.05) is 30.3 Å². The fraction of sp³-hybridized carbons (Fsp3) is 0.647. The smallest absolute Gasteiger partial charge is 0.0351 e. The number of unbranched alkanes of at least 4 members (excludes halogenated alkanes) is 1. The summed E-state index contributed by atoms with van der Waals surface area (Å²) >= 11 is 0. The summed E-state index contributed by atoms with van der Waals surface area (Å²) in [5.74, 6) is 0. The van der Waals surface area contributed by atoms with E-state index >= 15 is 0 Å². The summed E-state index contributed by atoms with van der Waals surface area (Å²) in [7, 11) is 0. The van der Waals surface area contributed by atoms with Crippen LogP contribution >= 0.6 is 0 Å². The van der Waals surface area contributed by atoms with Crippen molar-refractivity contribution in [3.05, 3.63) is 35.9 Å². The Balaban J connectivity index is 1.26. The van der Waals surface area contributed by atoms with Gasteiger partial charge in [-0.05, 0) is 31.4 Å². The zero-order chi connectivity index (χ0) is 13.6. The van der Waals surface area contributed by atoms with Crippen molar-refractivity contribution in [1.82, 2.24) is 15.1 Å². The molecule has 0 atom stereocenters. The van der Waals surface area contributed by atoms with Crippen LogP contribution in [0.4, 0.5) is 0 Å². The van der Waals surface area contributed by atoms with Gasteiger partial charge in [0.2, 0.25) is 0 Å². The normalized spacial score (nSPS) is 21.8. The molecule has 1 aromatic carbocycles. The molecule has 20 heavy (non-hydrogen) atoms. The lowest BCUT2D eigenvalue weighted by molar-refractivity contribution is 0.0265. The first-order valence-corrected chi connectivity index (χ1v) is 8.13. The van der Waals surface area contributed by atoms with Gasteiger partial charge < -0.3 is 10.2 Å². The molecule has 3 heteroatoms. The molecule has 1 N–H and O–H groups in total. The summed E-state index contributed by atoms with van der Waals surface area (Å²) in [5.41, 5.74) is 1.48. The number of benzene rings is 1. The minimum atomic E-state index is 0.839. The lowest BCUT2D eigenvalue weighted by Gasteiger charge is -2.47. The molecule has 3 nitrogen and oxygen atoms in total. The number of hydrogen-bond donors (Lipinski definition) is 1. The van der Waals surface area contributed by atoms with Crippen LogP contribution in [0, 0.1) is 0 Å². The standard InChI is InChI=1S/C17H27N3/c1-2-6-16(7-3-1)8-4-5-11-19-14-17(15-19)20-12-9-18-10-13-20/h1-3,6-7,17-18H,4-5,8-15H2. The quantitative estimate of drug-likeness (QED) is 0.794. The van der Waals surface area contributed by atoms with Crippen molar-refractivity contribution in [3.8, 4) is 0 Å². The summed E-state index contributed by atoms with van der Waals surface area (Å²) in [4.78, 5) is 5.29. The van der Waals surface area contributed by atoms with Gasteiger partial charge in [0, 0.05) is 45.3 Å². The SMILES string of the molecule is c1ccc(CCCCN2CC(N3CCNCC3)C2)cc1. The lowest BCUT2D eigenvalue weighted by Crippen LogP contribution is -2.62. The van der Waals surface area contributed by atoms with Gasteiger partial charge in [0.15, 0.2) is 0 Å². The molecule has 0 spiro atoms. The number of rotatable bonds is 6. The van der Waals surface area contributed by atoms with E-state index in [0.29, 0.717) is 0 Å². The molecular formula is C17H27N3. The Labute approximate surface area is 123 Å². The van der Waals surface area contributed by atoms with Gasteiger partial charge in [0.05, 0.1) is 0 Å². The first-order valence-electron chi connectivity index (χ1n) is 8.13. The van der Waals surface area contributed by atoms with Crippen LogP contribution in [0.25, 0.3) is 0 Å². The Morgan fingerprint density at radius 1 is 1.00 bits per heavy atom. The van der Waals surface area contributed by atoms with E-state index in [1.54, 1.807) is 0 Å². The molecule has 0 bridgehead atoms. The van der Waals surface area contributed by atoms with Crippen molar-refractivity contribution in [3.63, 3.8) is 0 Å². The average molecular weight is 273 g/mol. The van der Waals surface area contributed by atoms with Gasteiger partial charge in [-0.3, -0.25) is 4.90 Å². The Morgan fingerprint density at radius 3 is 2.50 bits per heavy atom. The van der Waals surface area contributed by atoms with E-state index in [1.807, 2.05) is 0 Å². The second kappa shape index (κ2) is 7.21. The highest BCUT2D eigenvalue weighted by atomic mass is 15.3. The van der Waals surface area contributed by atoms with E-state index in [0.717, 1.165) is 6.04 Å². The highest BCUT2D eigenvalue weighted by Gasteiger charge is 2.31. The minimum absolute atomic E-state index is 0.839. The molecule has 2 aliphatic rings. The Kier molecular flexibility index (Phi) is 5.06. The molecule has 2 heterocycles. The Bertz CT molecular complexity index is 380. The first-order chi connectivity index (χ1) is 9.92. The van der Waals surface area contributed by atoms with Gasteiger partial charge in [-0.15, -0.1) is 0 Å². The highest BCUT2D eigenvalue weighted by molar-refractivity contribution is 5.14. The van der Waals surface area contributed by atoms with Crippen LogP contribution in [0.2, 0.25) is 0 Å². The summed E-state index contributed by atoms with van der Waals surface area (Å²) in [5, 5.41) is 3.43. The molecule has 2 fully saturated rings. The predicted octanol–water partition coefficient (Wildman–Crippen LogP) is 1.60. The number of nitrogens with zero attached hydrogens (tertiary/aromatic N) is 2. The van der Waals surface area contributed by atoms with E-state index in [4.69, 9.17) is 0 Å². The van der Waals surface area contributed by atoms with Crippen molar-refractivity contribution < 1.29 is 0 Å². The van der Waals surface area contributed by atoms with E-state index < -0.39 is 0 Å². The predicted molar refractivity (Wildman–Crippen MR) is 84.1 cm³/mol. The molecular weight excluding hydrogens is 246 g/mol. The van der Waals surface area contributed by atoms with Crippen LogP contribution in [0.1, 0.15) is 18.4 Å². The van der Waals surface area contributed by atoms with E-state index in [9.17, 15) is 0 Å². The maximum absolute atomic E-state index is 3.43. The van der Waals surface area contributed by atoms with Crippen LogP contribution in [0.15, 0.2) is 30.3 Å². The third kappa shape index (κ3) is 3.81. The highest BCUT2D eigenvalue weighted by Crippen LogP contribution is 2.16. The average Bonchev–Trinajstić information content (AvgIpc) is 2.47.